The molecule has 3 rings (SSSR count). The number of aromatic nitrogens is 2. The van der Waals surface area contributed by atoms with Crippen LogP contribution in [0.3, 0.4) is 0 Å². The van der Waals surface area contributed by atoms with Gasteiger partial charge in [-0.15, -0.1) is 0 Å². The number of amides is 1. The topological polar surface area (TPSA) is 143 Å². The van der Waals surface area contributed by atoms with Gasteiger partial charge in [-0.25, -0.2) is 9.59 Å². The van der Waals surface area contributed by atoms with Crippen LogP contribution in [-0.4, -0.2) is 25.9 Å². The third-order valence-electron chi connectivity index (χ3n) is 4.78. The normalized spacial score (nSPS) is 10.5. The van der Waals surface area contributed by atoms with Crippen LogP contribution in [0.4, 0.5) is 11.4 Å². The number of hydrogen-bond donors (Lipinski definition) is 1. The van der Waals surface area contributed by atoms with Gasteiger partial charge in [-0.1, -0.05) is 23.7 Å². The van der Waals surface area contributed by atoms with E-state index in [0.29, 0.717) is 0 Å². The Morgan fingerprint density at radius 2 is 1.76 bits per heavy atom. The molecule has 1 amide bonds. The van der Waals surface area contributed by atoms with Crippen molar-refractivity contribution >= 4 is 34.9 Å². The summed E-state index contributed by atoms with van der Waals surface area (Å²) in [5.74, 6) is -1.50. The molecule has 0 bridgehead atoms. The molecule has 0 saturated carbocycles. The van der Waals surface area contributed by atoms with Crippen molar-refractivity contribution in [3.63, 3.8) is 0 Å². The molecule has 2 aromatic carbocycles. The highest BCUT2D eigenvalue weighted by Crippen LogP contribution is 2.24. The summed E-state index contributed by atoms with van der Waals surface area (Å²) >= 11 is 5.99. The Bertz CT molecular complexity index is 1390. The number of anilines is 1. The lowest BCUT2D eigenvalue weighted by Crippen LogP contribution is -2.38. The van der Waals surface area contributed by atoms with E-state index in [1.165, 1.54) is 42.9 Å². The number of rotatable bonds is 6. The summed E-state index contributed by atoms with van der Waals surface area (Å²) in [5, 5.41) is 13.2. The van der Waals surface area contributed by atoms with Crippen LogP contribution in [0.2, 0.25) is 5.02 Å². The lowest BCUT2D eigenvalue weighted by molar-refractivity contribution is -0.384. The fourth-order valence-corrected chi connectivity index (χ4v) is 3.16. The summed E-state index contributed by atoms with van der Waals surface area (Å²) in [6.07, 6.45) is 0. The Balaban J connectivity index is 1.80. The van der Waals surface area contributed by atoms with Crippen LogP contribution in [-0.2, 0) is 25.4 Å². The van der Waals surface area contributed by atoms with E-state index in [9.17, 15) is 29.3 Å². The van der Waals surface area contributed by atoms with Crippen LogP contribution in [0.1, 0.15) is 26.4 Å². The van der Waals surface area contributed by atoms with Crippen LogP contribution in [0.15, 0.2) is 58.1 Å². The highest BCUT2D eigenvalue weighted by atomic mass is 35.5. The minimum absolute atomic E-state index is 0.0118. The average Bonchev–Trinajstić information content (AvgIpc) is 2.79. The lowest BCUT2D eigenvalue weighted by atomic mass is 10.1. The number of para-hydroxylation sites is 1. The molecular weight excluding hydrogens is 456 g/mol. The van der Waals surface area contributed by atoms with Crippen molar-refractivity contribution in [2.45, 2.75) is 6.61 Å². The number of nitrogens with one attached hydrogen (secondary N) is 1. The van der Waals surface area contributed by atoms with Crippen molar-refractivity contribution in [3.05, 3.63) is 101 Å². The maximum Gasteiger partial charge on any atom is 0.340 e. The third kappa shape index (κ3) is 4.99. The molecule has 0 aliphatic heterocycles. The van der Waals surface area contributed by atoms with Gasteiger partial charge in [-0.3, -0.25) is 28.8 Å². The quantitative estimate of drug-likeness (QED) is 0.329. The predicted octanol–water partition coefficient (Wildman–Crippen LogP) is 2.25. The van der Waals surface area contributed by atoms with Crippen molar-refractivity contribution in [1.82, 2.24) is 9.13 Å². The Hall–Kier alpha value is -4.25. The Labute approximate surface area is 190 Å². The van der Waals surface area contributed by atoms with Gasteiger partial charge in [0.25, 0.3) is 17.2 Å². The highest BCUT2D eigenvalue weighted by Gasteiger charge is 2.19. The number of carbonyl (C=O) groups excluding carboxylic acids is 2. The second-order valence-electron chi connectivity index (χ2n) is 6.87. The predicted molar refractivity (Wildman–Crippen MR) is 119 cm³/mol. The van der Waals surface area contributed by atoms with E-state index in [4.69, 9.17) is 16.3 Å². The molecule has 0 radical (unpaired) electrons. The van der Waals surface area contributed by atoms with Crippen LogP contribution < -0.4 is 16.6 Å². The molecule has 0 atom stereocenters. The zero-order valence-electron chi connectivity index (χ0n) is 17.4. The van der Waals surface area contributed by atoms with Crippen molar-refractivity contribution in [1.29, 1.82) is 0 Å². The number of non-ortho nitro benzene ring substituents is 1. The summed E-state index contributed by atoms with van der Waals surface area (Å²) in [6, 6.07) is 10.6. The number of halogens is 1. The molecule has 0 aliphatic carbocycles. The SMILES string of the molecule is Cn1c(COC(=O)c2ccccc2NC(=O)c2ccc([N+](=O)[O-])cc2Cl)cc(=O)n(C)c1=O. The first-order chi connectivity index (χ1) is 15.6. The summed E-state index contributed by atoms with van der Waals surface area (Å²) in [6.45, 7) is -0.350. The van der Waals surface area contributed by atoms with E-state index in [0.717, 1.165) is 16.7 Å². The molecule has 0 fully saturated rings. The van der Waals surface area contributed by atoms with Crippen molar-refractivity contribution in [3.8, 4) is 0 Å². The Morgan fingerprint density at radius 1 is 1.06 bits per heavy atom. The van der Waals surface area contributed by atoms with E-state index < -0.39 is 28.0 Å². The zero-order valence-corrected chi connectivity index (χ0v) is 18.2. The fourth-order valence-electron chi connectivity index (χ4n) is 2.90. The fraction of sp³-hybridized carbons (Fsp3) is 0.143. The number of benzene rings is 2. The first-order valence-corrected chi connectivity index (χ1v) is 9.75. The largest absolute Gasteiger partial charge is 0.456 e. The van der Waals surface area contributed by atoms with E-state index in [1.54, 1.807) is 12.1 Å². The monoisotopic (exact) mass is 472 g/mol. The van der Waals surface area contributed by atoms with Crippen molar-refractivity contribution < 1.29 is 19.2 Å². The highest BCUT2D eigenvalue weighted by molar-refractivity contribution is 6.34. The molecule has 0 spiro atoms. The lowest BCUT2D eigenvalue weighted by Gasteiger charge is -2.13. The zero-order chi connectivity index (χ0) is 24.3. The third-order valence-corrected chi connectivity index (χ3v) is 5.09. The summed E-state index contributed by atoms with van der Waals surface area (Å²) in [5.41, 5.74) is -1.10. The molecule has 3 aromatic rings. The Kier molecular flexibility index (Phi) is 6.73. The van der Waals surface area contributed by atoms with E-state index in [-0.39, 0.29) is 39.8 Å². The van der Waals surface area contributed by atoms with Gasteiger partial charge in [0.05, 0.1) is 32.5 Å². The molecule has 1 N–H and O–H groups in total. The van der Waals surface area contributed by atoms with Gasteiger partial charge in [0.15, 0.2) is 0 Å². The molecule has 170 valence electrons. The smallest absolute Gasteiger partial charge is 0.340 e. The van der Waals surface area contributed by atoms with Gasteiger partial charge in [-0.05, 0) is 18.2 Å². The molecule has 11 nitrogen and oxygen atoms in total. The van der Waals surface area contributed by atoms with Gasteiger partial charge in [-0.2, -0.15) is 0 Å². The molecule has 12 heteroatoms. The second kappa shape index (κ2) is 9.49. The summed E-state index contributed by atoms with van der Waals surface area (Å²) < 4.78 is 7.34. The second-order valence-corrected chi connectivity index (χ2v) is 7.28. The van der Waals surface area contributed by atoms with Gasteiger partial charge in [0, 0.05) is 32.3 Å². The van der Waals surface area contributed by atoms with Crippen LogP contribution in [0.5, 0.6) is 0 Å². The van der Waals surface area contributed by atoms with Gasteiger partial charge in [0.1, 0.15) is 6.61 Å². The van der Waals surface area contributed by atoms with Gasteiger partial charge >= 0.3 is 11.7 Å². The molecule has 33 heavy (non-hydrogen) atoms. The minimum Gasteiger partial charge on any atom is -0.456 e. The summed E-state index contributed by atoms with van der Waals surface area (Å²) in [7, 11) is 2.77. The first-order valence-electron chi connectivity index (χ1n) is 9.37. The Morgan fingerprint density at radius 3 is 2.42 bits per heavy atom. The molecular formula is C21H17ClN4O7. The minimum atomic E-state index is -0.811. The number of hydrogen-bond acceptors (Lipinski definition) is 7. The maximum atomic E-state index is 12.6. The molecule has 0 saturated heterocycles. The number of nitrogens with zero attached hydrogens (tertiary/aromatic N) is 3. The first kappa shape index (κ1) is 23.4. The molecule has 1 heterocycles. The van der Waals surface area contributed by atoms with Crippen LogP contribution in [0, 0.1) is 10.1 Å². The summed E-state index contributed by atoms with van der Waals surface area (Å²) in [4.78, 5) is 59.3. The average molecular weight is 473 g/mol. The number of esters is 1. The van der Waals surface area contributed by atoms with E-state index >= 15 is 0 Å². The standard InChI is InChI=1S/C21H17ClN4O7/c1-24-13(10-18(27)25(2)21(24)30)11-33-20(29)15-5-3-4-6-17(15)23-19(28)14-8-7-12(26(31)32)9-16(14)22/h3-10H,11H2,1-2H3,(H,23,28). The number of nitro benzene ring substituents is 1. The van der Waals surface area contributed by atoms with Crippen molar-refractivity contribution in [2.24, 2.45) is 14.1 Å². The van der Waals surface area contributed by atoms with Crippen molar-refractivity contribution in [2.75, 3.05) is 5.32 Å². The van der Waals surface area contributed by atoms with E-state index in [2.05, 4.69) is 5.32 Å². The van der Waals surface area contributed by atoms with Crippen LogP contribution in [0.25, 0.3) is 0 Å². The molecule has 1 aromatic heterocycles. The molecule has 0 unspecified atom stereocenters. The number of carbonyl (C=O) groups is 2. The van der Waals surface area contributed by atoms with Gasteiger partial charge < -0.3 is 10.1 Å². The number of ether oxygens (including phenoxy) is 1. The number of nitro groups is 1. The van der Waals surface area contributed by atoms with Crippen LogP contribution >= 0.6 is 11.6 Å². The molecule has 0 aliphatic rings. The maximum absolute atomic E-state index is 12.6. The van der Waals surface area contributed by atoms with Gasteiger partial charge in [0.2, 0.25) is 0 Å². The van der Waals surface area contributed by atoms with E-state index in [1.807, 2.05) is 0 Å².